The van der Waals surface area contributed by atoms with E-state index in [1.807, 2.05) is 6.07 Å². The molecule has 3 heteroatoms. The molecule has 0 bridgehead atoms. The summed E-state index contributed by atoms with van der Waals surface area (Å²) in [5.41, 5.74) is 10.6. The minimum absolute atomic E-state index is 0.0106. The van der Waals surface area contributed by atoms with Gasteiger partial charge in [0, 0.05) is 39.7 Å². The molecule has 3 nitrogen and oxygen atoms in total. The molecule has 1 atom stereocenters. The van der Waals surface area contributed by atoms with Crippen LogP contribution in [0.25, 0.3) is 49.5 Å². The Morgan fingerprint density at radius 2 is 1.63 bits per heavy atom. The van der Waals surface area contributed by atoms with Crippen molar-refractivity contribution in [2.75, 3.05) is 6.54 Å². The van der Waals surface area contributed by atoms with Gasteiger partial charge in [-0.2, -0.15) is 0 Å². The average molecular weight is 493 g/mol. The highest BCUT2D eigenvalue weighted by Crippen LogP contribution is 2.49. The lowest BCUT2D eigenvalue weighted by molar-refractivity contribution is 0.542. The third-order valence-corrected chi connectivity index (χ3v) is 8.56. The number of nitrogens with one attached hydrogen (secondary N) is 2. The van der Waals surface area contributed by atoms with Crippen LogP contribution in [0.4, 0.5) is 0 Å². The molecule has 3 aliphatic rings. The van der Waals surface area contributed by atoms with Crippen LogP contribution in [-0.4, -0.2) is 12.6 Å². The zero-order valence-electron chi connectivity index (χ0n) is 21.5. The van der Waals surface area contributed by atoms with Crippen LogP contribution in [0.3, 0.4) is 0 Å². The van der Waals surface area contributed by atoms with Gasteiger partial charge in [-0.3, -0.25) is 0 Å². The predicted octanol–water partition coefficient (Wildman–Crippen LogP) is 8.10. The molecular formula is C35H28N2O. The van der Waals surface area contributed by atoms with Crippen molar-refractivity contribution in [2.45, 2.75) is 19.9 Å². The van der Waals surface area contributed by atoms with E-state index in [2.05, 4.69) is 122 Å². The third-order valence-electron chi connectivity index (χ3n) is 8.56. The Hall–Kier alpha value is -4.50. The zero-order chi connectivity index (χ0) is 25.4. The minimum atomic E-state index is 0.0106. The van der Waals surface area contributed by atoms with Crippen molar-refractivity contribution in [3.05, 3.63) is 126 Å². The van der Waals surface area contributed by atoms with Crippen LogP contribution in [0.2, 0.25) is 0 Å². The lowest BCUT2D eigenvalue weighted by Crippen LogP contribution is -2.37. The first-order valence-corrected chi connectivity index (χ1v) is 13.4. The second kappa shape index (κ2) is 7.75. The molecule has 0 radical (unpaired) electrons. The number of allylic oxidation sites excluding steroid dienone is 4. The molecule has 0 saturated heterocycles. The molecule has 3 heterocycles. The molecular weight excluding hydrogens is 464 g/mol. The number of dihydropyridines is 2. The van der Waals surface area contributed by atoms with E-state index >= 15 is 0 Å². The molecule has 0 amide bonds. The lowest BCUT2D eigenvalue weighted by Gasteiger charge is -2.30. The summed E-state index contributed by atoms with van der Waals surface area (Å²) in [5, 5.41) is 12.3. The molecule has 1 aromatic heterocycles. The fraction of sp³-hybridized carbons (Fsp3) is 0.143. The Labute approximate surface area is 221 Å². The van der Waals surface area contributed by atoms with E-state index in [1.54, 1.807) is 0 Å². The third kappa shape index (κ3) is 2.96. The van der Waals surface area contributed by atoms with Crippen LogP contribution < -0.4 is 10.6 Å². The number of furan rings is 1. The van der Waals surface area contributed by atoms with Crippen LogP contribution in [0.5, 0.6) is 0 Å². The van der Waals surface area contributed by atoms with Crippen molar-refractivity contribution in [3.63, 3.8) is 0 Å². The molecule has 2 N–H and O–H groups in total. The van der Waals surface area contributed by atoms with E-state index in [-0.39, 0.29) is 11.5 Å². The molecule has 0 spiro atoms. The molecule has 4 aromatic carbocycles. The summed E-state index contributed by atoms with van der Waals surface area (Å²) in [4.78, 5) is 0. The van der Waals surface area contributed by atoms with Gasteiger partial charge in [0.05, 0.1) is 6.04 Å². The lowest BCUT2D eigenvalue weighted by atomic mass is 9.79. The number of hydrogen-bond acceptors (Lipinski definition) is 3. The van der Waals surface area contributed by atoms with Gasteiger partial charge in [-0.25, -0.2) is 0 Å². The highest BCUT2D eigenvalue weighted by atomic mass is 16.3. The maximum Gasteiger partial charge on any atom is 0.143 e. The number of para-hydroxylation sites is 1. The largest absolute Gasteiger partial charge is 0.455 e. The van der Waals surface area contributed by atoms with E-state index in [1.165, 1.54) is 33.2 Å². The number of fused-ring (bicyclic) bond motifs is 6. The Kier molecular flexibility index (Phi) is 4.40. The normalized spacial score (nSPS) is 19.7. The Morgan fingerprint density at radius 1 is 0.816 bits per heavy atom. The highest BCUT2D eigenvalue weighted by Gasteiger charge is 2.44. The molecule has 5 aromatic rings. The SMILES string of the molecule is CC1(C)C2=CC=C(c3cccc(-c4c5ccccc5cc5c4oc4ccccc45)c3)NC2C2=C1C=CCN2. The first-order valence-electron chi connectivity index (χ1n) is 13.4. The van der Waals surface area contributed by atoms with Crippen LogP contribution in [0.15, 0.2) is 124 Å². The van der Waals surface area contributed by atoms with Gasteiger partial charge < -0.3 is 15.1 Å². The predicted molar refractivity (Wildman–Crippen MR) is 158 cm³/mol. The van der Waals surface area contributed by atoms with Gasteiger partial charge in [0.25, 0.3) is 0 Å². The van der Waals surface area contributed by atoms with Gasteiger partial charge in [0.1, 0.15) is 11.2 Å². The fourth-order valence-corrected chi connectivity index (χ4v) is 6.67. The number of rotatable bonds is 2. The van der Waals surface area contributed by atoms with Gasteiger partial charge in [0.15, 0.2) is 0 Å². The van der Waals surface area contributed by atoms with Crippen molar-refractivity contribution in [2.24, 2.45) is 5.41 Å². The molecule has 0 fully saturated rings. The van der Waals surface area contributed by atoms with E-state index in [9.17, 15) is 0 Å². The Bertz CT molecular complexity index is 1930. The second-order valence-electron chi connectivity index (χ2n) is 11.0. The van der Waals surface area contributed by atoms with Gasteiger partial charge in [0.2, 0.25) is 0 Å². The first kappa shape index (κ1) is 21.6. The topological polar surface area (TPSA) is 37.2 Å². The summed E-state index contributed by atoms with van der Waals surface area (Å²) in [6.45, 7) is 5.53. The number of benzene rings is 4. The molecule has 8 rings (SSSR count). The van der Waals surface area contributed by atoms with Gasteiger partial charge in [-0.05, 0) is 57.3 Å². The summed E-state index contributed by atoms with van der Waals surface area (Å²) < 4.78 is 6.51. The maximum absolute atomic E-state index is 6.51. The first-order chi connectivity index (χ1) is 18.6. The van der Waals surface area contributed by atoms with Gasteiger partial charge >= 0.3 is 0 Å². The van der Waals surface area contributed by atoms with Crippen molar-refractivity contribution in [3.8, 4) is 11.1 Å². The van der Waals surface area contributed by atoms with E-state index in [4.69, 9.17) is 4.42 Å². The Morgan fingerprint density at radius 3 is 2.55 bits per heavy atom. The molecule has 0 saturated carbocycles. The van der Waals surface area contributed by atoms with E-state index in [0.717, 1.165) is 45.3 Å². The highest BCUT2D eigenvalue weighted by molar-refractivity contribution is 6.18. The van der Waals surface area contributed by atoms with Crippen LogP contribution in [0.1, 0.15) is 19.4 Å². The fourth-order valence-electron chi connectivity index (χ4n) is 6.67. The van der Waals surface area contributed by atoms with Crippen LogP contribution in [0, 0.1) is 5.41 Å². The van der Waals surface area contributed by atoms with Gasteiger partial charge in [-0.15, -0.1) is 0 Å². The van der Waals surface area contributed by atoms with E-state index < -0.39 is 0 Å². The molecule has 2 aliphatic heterocycles. The smallest absolute Gasteiger partial charge is 0.143 e. The quantitative estimate of drug-likeness (QED) is 0.261. The maximum atomic E-state index is 6.51. The zero-order valence-corrected chi connectivity index (χ0v) is 21.5. The summed E-state index contributed by atoms with van der Waals surface area (Å²) in [6, 6.07) is 28.2. The van der Waals surface area contributed by atoms with Crippen molar-refractivity contribution in [1.29, 1.82) is 0 Å². The van der Waals surface area contributed by atoms with Crippen LogP contribution >= 0.6 is 0 Å². The van der Waals surface area contributed by atoms with Crippen molar-refractivity contribution < 1.29 is 4.42 Å². The summed E-state index contributed by atoms with van der Waals surface area (Å²) in [7, 11) is 0. The molecule has 184 valence electrons. The second-order valence-corrected chi connectivity index (χ2v) is 11.0. The Balaban J connectivity index is 1.29. The minimum Gasteiger partial charge on any atom is -0.455 e. The molecule has 1 aliphatic carbocycles. The monoisotopic (exact) mass is 492 g/mol. The molecule has 1 unspecified atom stereocenters. The summed E-state index contributed by atoms with van der Waals surface area (Å²) in [5.74, 6) is 0. The summed E-state index contributed by atoms with van der Waals surface area (Å²) in [6.07, 6.45) is 9.09. The van der Waals surface area contributed by atoms with E-state index in [0.29, 0.717) is 0 Å². The van der Waals surface area contributed by atoms with Crippen molar-refractivity contribution >= 4 is 38.4 Å². The number of hydrogen-bond donors (Lipinski definition) is 2. The molecule has 38 heavy (non-hydrogen) atoms. The summed E-state index contributed by atoms with van der Waals surface area (Å²) >= 11 is 0. The average Bonchev–Trinajstić information content (AvgIpc) is 3.44. The van der Waals surface area contributed by atoms with Crippen molar-refractivity contribution in [1.82, 2.24) is 10.6 Å². The van der Waals surface area contributed by atoms with Crippen LogP contribution in [-0.2, 0) is 0 Å². The standard InChI is InChI=1S/C35H28N2O/c1-35(2)27-14-8-18-36-32(27)33-28(35)16-17-29(37-33)22-10-7-11-23(19-22)31-24-12-4-3-9-21(24)20-26-25-13-5-6-15-30(25)38-34(26)31/h3-17,19-20,33,36-37H,18H2,1-2H3. The van der Waals surface area contributed by atoms with Gasteiger partial charge in [-0.1, -0.05) is 92.7 Å².